The summed E-state index contributed by atoms with van der Waals surface area (Å²) >= 11 is 1.34. The van der Waals surface area contributed by atoms with Crippen molar-refractivity contribution >= 4 is 11.3 Å². The van der Waals surface area contributed by atoms with Crippen molar-refractivity contribution in [2.45, 2.75) is 32.5 Å². The lowest BCUT2D eigenvalue weighted by molar-refractivity contribution is -0.157. The van der Waals surface area contributed by atoms with E-state index < -0.39 is 12.2 Å². The van der Waals surface area contributed by atoms with Gasteiger partial charge in [-0.05, 0) is 36.9 Å². The zero-order valence-electron chi connectivity index (χ0n) is 8.69. The number of thiophene rings is 1. The summed E-state index contributed by atoms with van der Waals surface area (Å²) in [5, 5.41) is 4.09. The summed E-state index contributed by atoms with van der Waals surface area (Å²) < 4.78 is 38.0. The lowest BCUT2D eigenvalue weighted by Gasteiger charge is -2.20. The summed E-state index contributed by atoms with van der Waals surface area (Å²) in [7, 11) is 0. The second kappa shape index (κ2) is 4.99. The van der Waals surface area contributed by atoms with Gasteiger partial charge in [0.1, 0.15) is 6.04 Å². The van der Waals surface area contributed by atoms with Crippen LogP contribution in [0.4, 0.5) is 13.2 Å². The molecule has 86 valence electrons. The van der Waals surface area contributed by atoms with Crippen molar-refractivity contribution in [3.63, 3.8) is 0 Å². The molecule has 1 unspecified atom stereocenters. The monoisotopic (exact) mass is 237 g/mol. The molecule has 1 aromatic heterocycles. The lowest BCUT2D eigenvalue weighted by atomic mass is 10.1. The molecule has 1 nitrogen and oxygen atoms in total. The molecule has 1 heterocycles. The number of halogens is 3. The first-order chi connectivity index (χ1) is 6.95. The Morgan fingerprint density at radius 3 is 2.53 bits per heavy atom. The first-order valence-corrected chi connectivity index (χ1v) is 5.68. The van der Waals surface area contributed by atoms with Crippen LogP contribution < -0.4 is 5.32 Å². The maximum absolute atomic E-state index is 12.7. The molecule has 0 aliphatic carbocycles. The van der Waals surface area contributed by atoms with Gasteiger partial charge in [0.2, 0.25) is 0 Å². The number of aryl methyl sites for hydroxylation is 1. The SMILES string of the molecule is CCCNC(c1csc(C)c1)C(F)(F)F. The van der Waals surface area contributed by atoms with Crippen LogP contribution in [-0.4, -0.2) is 12.7 Å². The first kappa shape index (κ1) is 12.5. The molecule has 1 N–H and O–H groups in total. The van der Waals surface area contributed by atoms with Crippen LogP contribution in [0.15, 0.2) is 11.4 Å². The molecule has 1 rings (SSSR count). The fraction of sp³-hybridized carbons (Fsp3) is 0.600. The van der Waals surface area contributed by atoms with E-state index in [1.807, 2.05) is 6.92 Å². The fourth-order valence-corrected chi connectivity index (χ4v) is 2.06. The Hall–Kier alpha value is -0.550. The van der Waals surface area contributed by atoms with Crippen molar-refractivity contribution in [1.29, 1.82) is 0 Å². The van der Waals surface area contributed by atoms with Gasteiger partial charge in [0.15, 0.2) is 0 Å². The summed E-state index contributed by atoms with van der Waals surface area (Å²) in [6.45, 7) is 4.03. The van der Waals surface area contributed by atoms with E-state index in [4.69, 9.17) is 0 Å². The number of alkyl halides is 3. The molecule has 0 amide bonds. The molecule has 0 spiro atoms. The number of hydrogen-bond donors (Lipinski definition) is 1. The van der Waals surface area contributed by atoms with Gasteiger partial charge in [-0.15, -0.1) is 11.3 Å². The Balaban J connectivity index is 2.81. The molecule has 0 radical (unpaired) electrons. The molecule has 15 heavy (non-hydrogen) atoms. The van der Waals surface area contributed by atoms with Crippen LogP contribution in [0.5, 0.6) is 0 Å². The minimum absolute atomic E-state index is 0.318. The van der Waals surface area contributed by atoms with Crippen molar-refractivity contribution in [3.05, 3.63) is 21.9 Å². The van der Waals surface area contributed by atoms with Crippen molar-refractivity contribution in [2.24, 2.45) is 0 Å². The molecule has 0 bridgehead atoms. The van der Waals surface area contributed by atoms with Crippen LogP contribution in [0.25, 0.3) is 0 Å². The second-order valence-electron chi connectivity index (χ2n) is 3.42. The summed E-state index contributed by atoms with van der Waals surface area (Å²) in [5.41, 5.74) is 0.318. The predicted molar refractivity (Wildman–Crippen MR) is 56.1 cm³/mol. The van der Waals surface area contributed by atoms with E-state index in [2.05, 4.69) is 5.32 Å². The predicted octanol–water partition coefficient (Wildman–Crippen LogP) is 3.66. The zero-order chi connectivity index (χ0) is 11.5. The molecule has 0 aliphatic heterocycles. The Bertz CT molecular complexity index is 306. The van der Waals surface area contributed by atoms with Gasteiger partial charge < -0.3 is 5.32 Å². The highest BCUT2D eigenvalue weighted by Crippen LogP contribution is 2.34. The Labute approximate surface area is 91.3 Å². The third-order valence-electron chi connectivity index (χ3n) is 2.01. The summed E-state index contributed by atoms with van der Waals surface area (Å²) in [6, 6.07) is 0.0632. The Morgan fingerprint density at radius 2 is 2.13 bits per heavy atom. The first-order valence-electron chi connectivity index (χ1n) is 4.80. The molecule has 0 saturated carbocycles. The van der Waals surface area contributed by atoms with Gasteiger partial charge in [0.05, 0.1) is 0 Å². The maximum Gasteiger partial charge on any atom is 0.407 e. The molecule has 1 atom stereocenters. The van der Waals surface area contributed by atoms with Crippen LogP contribution in [0.3, 0.4) is 0 Å². The van der Waals surface area contributed by atoms with E-state index in [1.165, 1.54) is 11.3 Å². The minimum Gasteiger partial charge on any atom is -0.302 e. The van der Waals surface area contributed by atoms with E-state index in [-0.39, 0.29) is 0 Å². The van der Waals surface area contributed by atoms with Crippen molar-refractivity contribution in [2.75, 3.05) is 6.54 Å². The minimum atomic E-state index is -4.22. The number of rotatable bonds is 4. The Kier molecular flexibility index (Phi) is 4.16. The summed E-state index contributed by atoms with van der Waals surface area (Å²) in [6.07, 6.45) is -3.53. The van der Waals surface area contributed by atoms with Crippen molar-refractivity contribution in [1.82, 2.24) is 5.32 Å². The molecule has 0 fully saturated rings. The van der Waals surface area contributed by atoms with Crippen LogP contribution in [0, 0.1) is 6.92 Å². The maximum atomic E-state index is 12.7. The van der Waals surface area contributed by atoms with E-state index >= 15 is 0 Å². The topological polar surface area (TPSA) is 12.0 Å². The lowest BCUT2D eigenvalue weighted by Crippen LogP contribution is -2.34. The van der Waals surface area contributed by atoms with Gasteiger partial charge in [-0.25, -0.2) is 0 Å². The molecular formula is C10H14F3NS. The van der Waals surface area contributed by atoms with E-state index in [1.54, 1.807) is 18.4 Å². The second-order valence-corrected chi connectivity index (χ2v) is 4.53. The van der Waals surface area contributed by atoms with Gasteiger partial charge >= 0.3 is 6.18 Å². The van der Waals surface area contributed by atoms with E-state index in [0.29, 0.717) is 18.5 Å². The zero-order valence-corrected chi connectivity index (χ0v) is 9.50. The number of nitrogens with one attached hydrogen (secondary N) is 1. The van der Waals surface area contributed by atoms with Crippen LogP contribution in [0.1, 0.15) is 29.8 Å². The molecule has 0 aromatic carbocycles. The van der Waals surface area contributed by atoms with Gasteiger partial charge in [0.25, 0.3) is 0 Å². The van der Waals surface area contributed by atoms with Crippen LogP contribution >= 0.6 is 11.3 Å². The van der Waals surface area contributed by atoms with Gasteiger partial charge in [-0.2, -0.15) is 13.2 Å². The average molecular weight is 237 g/mol. The van der Waals surface area contributed by atoms with E-state index in [0.717, 1.165) is 4.88 Å². The third kappa shape index (κ3) is 3.50. The fourth-order valence-electron chi connectivity index (χ4n) is 1.33. The quantitative estimate of drug-likeness (QED) is 0.842. The van der Waals surface area contributed by atoms with Crippen molar-refractivity contribution < 1.29 is 13.2 Å². The highest BCUT2D eigenvalue weighted by Gasteiger charge is 2.40. The van der Waals surface area contributed by atoms with Gasteiger partial charge in [-0.3, -0.25) is 0 Å². The highest BCUT2D eigenvalue weighted by atomic mass is 32.1. The molecule has 0 saturated heterocycles. The average Bonchev–Trinajstić information content (AvgIpc) is 2.50. The molecule has 5 heteroatoms. The smallest absolute Gasteiger partial charge is 0.302 e. The summed E-state index contributed by atoms with van der Waals surface area (Å²) in [5.74, 6) is 0. The molecule has 0 aliphatic rings. The highest BCUT2D eigenvalue weighted by molar-refractivity contribution is 7.10. The van der Waals surface area contributed by atoms with Gasteiger partial charge in [-0.1, -0.05) is 6.92 Å². The van der Waals surface area contributed by atoms with Gasteiger partial charge in [0, 0.05) is 4.88 Å². The van der Waals surface area contributed by atoms with Crippen molar-refractivity contribution in [3.8, 4) is 0 Å². The van der Waals surface area contributed by atoms with Crippen LogP contribution in [0.2, 0.25) is 0 Å². The standard InChI is InChI=1S/C10H14F3NS/c1-3-4-14-9(10(11,12)13)8-5-7(2)15-6-8/h5-6,9,14H,3-4H2,1-2H3. The molecular weight excluding hydrogens is 223 g/mol. The third-order valence-corrected chi connectivity index (χ3v) is 2.89. The number of hydrogen-bond acceptors (Lipinski definition) is 2. The van der Waals surface area contributed by atoms with E-state index in [9.17, 15) is 13.2 Å². The Morgan fingerprint density at radius 1 is 1.47 bits per heavy atom. The largest absolute Gasteiger partial charge is 0.407 e. The molecule has 1 aromatic rings. The normalized spacial score (nSPS) is 14.2. The summed E-state index contributed by atoms with van der Waals surface area (Å²) in [4.78, 5) is 0.901. The van der Waals surface area contributed by atoms with Crippen LogP contribution in [-0.2, 0) is 0 Å².